The molecule has 0 bridgehead atoms. The molecule has 0 amide bonds. The summed E-state index contributed by atoms with van der Waals surface area (Å²) in [5.74, 6) is -1.43. The smallest absolute Gasteiger partial charge is 0.309 e. The lowest BCUT2D eigenvalue weighted by Gasteiger charge is -2.14. The average molecular weight is 220 g/mol. The van der Waals surface area contributed by atoms with E-state index >= 15 is 0 Å². The molecular weight excluding hydrogens is 206 g/mol. The molecule has 2 aliphatic rings. The van der Waals surface area contributed by atoms with Gasteiger partial charge in [0.2, 0.25) is 0 Å². The second-order valence-electron chi connectivity index (χ2n) is 4.53. The first kappa shape index (κ1) is 10.8. The summed E-state index contributed by atoms with van der Waals surface area (Å²) in [5, 5.41) is 8.81. The number of ether oxygens (including phenoxy) is 1. The molecule has 3 nitrogen and oxygen atoms in total. The number of carbonyl (C=O) groups is 1. The van der Waals surface area contributed by atoms with Gasteiger partial charge in [-0.3, -0.25) is 4.79 Å². The SMILES string of the molecule is CC1CC1C1CC(C(=O)O)C(C(F)F)O1. The number of hydrogen-bond acceptors (Lipinski definition) is 2. The molecule has 2 rings (SSSR count). The third-order valence-electron chi connectivity index (χ3n) is 3.43. The van der Waals surface area contributed by atoms with Gasteiger partial charge in [-0.05, 0) is 24.7 Å². The van der Waals surface area contributed by atoms with Crippen LogP contribution in [0.15, 0.2) is 0 Å². The summed E-state index contributed by atoms with van der Waals surface area (Å²) in [4.78, 5) is 10.8. The molecule has 0 aromatic rings. The summed E-state index contributed by atoms with van der Waals surface area (Å²) in [6.07, 6.45) is -3.20. The Bertz CT molecular complexity index is 269. The van der Waals surface area contributed by atoms with Gasteiger partial charge >= 0.3 is 5.97 Å². The van der Waals surface area contributed by atoms with Crippen molar-refractivity contribution in [2.45, 2.75) is 38.4 Å². The fourth-order valence-electron chi connectivity index (χ4n) is 2.36. The number of carboxylic acid groups (broad SMARTS) is 1. The van der Waals surface area contributed by atoms with Crippen molar-refractivity contribution in [2.24, 2.45) is 17.8 Å². The van der Waals surface area contributed by atoms with E-state index < -0.39 is 24.4 Å². The maximum absolute atomic E-state index is 12.5. The minimum Gasteiger partial charge on any atom is -0.481 e. The lowest BCUT2D eigenvalue weighted by Crippen LogP contribution is -2.30. The van der Waals surface area contributed by atoms with Gasteiger partial charge in [-0.25, -0.2) is 8.78 Å². The normalized spacial score (nSPS) is 44.7. The molecule has 2 fully saturated rings. The third kappa shape index (κ3) is 1.97. The Labute approximate surface area is 86.4 Å². The summed E-state index contributed by atoms with van der Waals surface area (Å²) in [5.41, 5.74) is 0. The number of carboxylic acids is 1. The van der Waals surface area contributed by atoms with E-state index in [0.29, 0.717) is 5.92 Å². The van der Waals surface area contributed by atoms with Crippen molar-refractivity contribution in [1.29, 1.82) is 0 Å². The van der Waals surface area contributed by atoms with E-state index in [1.807, 2.05) is 6.92 Å². The van der Waals surface area contributed by atoms with Crippen LogP contribution in [-0.2, 0) is 9.53 Å². The predicted molar refractivity (Wildman–Crippen MR) is 47.7 cm³/mol. The van der Waals surface area contributed by atoms with Crippen molar-refractivity contribution in [3.8, 4) is 0 Å². The van der Waals surface area contributed by atoms with E-state index in [1.165, 1.54) is 0 Å². The second-order valence-corrected chi connectivity index (χ2v) is 4.53. The van der Waals surface area contributed by atoms with Gasteiger partial charge in [0.1, 0.15) is 6.10 Å². The molecule has 15 heavy (non-hydrogen) atoms. The summed E-state index contributed by atoms with van der Waals surface area (Å²) in [6.45, 7) is 2.03. The highest BCUT2D eigenvalue weighted by Crippen LogP contribution is 2.47. The van der Waals surface area contributed by atoms with E-state index in [4.69, 9.17) is 9.84 Å². The molecule has 1 saturated carbocycles. The number of halogens is 2. The molecule has 5 unspecified atom stereocenters. The van der Waals surface area contributed by atoms with Crippen LogP contribution < -0.4 is 0 Å². The highest BCUT2D eigenvalue weighted by molar-refractivity contribution is 5.71. The largest absolute Gasteiger partial charge is 0.481 e. The molecule has 0 aromatic heterocycles. The van der Waals surface area contributed by atoms with Gasteiger partial charge in [0.15, 0.2) is 0 Å². The van der Waals surface area contributed by atoms with Crippen molar-refractivity contribution in [3.63, 3.8) is 0 Å². The van der Waals surface area contributed by atoms with Crippen molar-refractivity contribution in [2.75, 3.05) is 0 Å². The van der Waals surface area contributed by atoms with Gasteiger partial charge in [0, 0.05) is 0 Å². The number of aliphatic carboxylic acids is 1. The van der Waals surface area contributed by atoms with Crippen molar-refractivity contribution < 1.29 is 23.4 Å². The quantitative estimate of drug-likeness (QED) is 0.788. The lowest BCUT2D eigenvalue weighted by molar-refractivity contribution is -0.148. The monoisotopic (exact) mass is 220 g/mol. The van der Waals surface area contributed by atoms with Gasteiger partial charge in [-0.2, -0.15) is 0 Å². The Kier molecular flexibility index (Phi) is 2.66. The van der Waals surface area contributed by atoms with Crippen LogP contribution in [0.4, 0.5) is 8.78 Å². The van der Waals surface area contributed by atoms with E-state index in [0.717, 1.165) is 6.42 Å². The number of hydrogen-bond donors (Lipinski definition) is 1. The summed E-state index contributed by atoms with van der Waals surface area (Å²) in [6, 6.07) is 0. The minimum atomic E-state index is -2.70. The molecule has 0 aromatic carbocycles. The zero-order valence-electron chi connectivity index (χ0n) is 8.40. The molecule has 1 saturated heterocycles. The summed E-state index contributed by atoms with van der Waals surface area (Å²) < 4.78 is 30.2. The first-order chi connectivity index (χ1) is 7.00. The summed E-state index contributed by atoms with van der Waals surface area (Å²) >= 11 is 0. The summed E-state index contributed by atoms with van der Waals surface area (Å²) in [7, 11) is 0. The van der Waals surface area contributed by atoms with E-state index in [9.17, 15) is 13.6 Å². The van der Waals surface area contributed by atoms with Crippen molar-refractivity contribution in [3.05, 3.63) is 0 Å². The molecule has 86 valence electrons. The Morgan fingerprint density at radius 3 is 2.40 bits per heavy atom. The van der Waals surface area contributed by atoms with Crippen LogP contribution in [0.25, 0.3) is 0 Å². The van der Waals surface area contributed by atoms with Gasteiger partial charge in [-0.15, -0.1) is 0 Å². The zero-order valence-corrected chi connectivity index (χ0v) is 8.40. The van der Waals surface area contributed by atoms with Crippen LogP contribution in [0.2, 0.25) is 0 Å². The van der Waals surface area contributed by atoms with Crippen LogP contribution in [-0.4, -0.2) is 29.7 Å². The maximum atomic E-state index is 12.5. The molecule has 0 spiro atoms. The fraction of sp³-hybridized carbons (Fsp3) is 0.900. The minimum absolute atomic E-state index is 0.235. The highest BCUT2D eigenvalue weighted by Gasteiger charge is 2.51. The van der Waals surface area contributed by atoms with Crippen LogP contribution in [0.5, 0.6) is 0 Å². The Hall–Kier alpha value is -0.710. The maximum Gasteiger partial charge on any atom is 0.309 e. The average Bonchev–Trinajstić information content (AvgIpc) is 2.72. The standard InChI is InChI=1S/C10H14F2O3/c1-4-2-5(4)7-3-6(10(13)14)8(15-7)9(11)12/h4-9H,2-3H2,1H3,(H,13,14). The Morgan fingerprint density at radius 2 is 2.07 bits per heavy atom. The molecule has 0 radical (unpaired) electrons. The van der Waals surface area contributed by atoms with E-state index in [1.54, 1.807) is 0 Å². The first-order valence-electron chi connectivity index (χ1n) is 5.17. The molecule has 5 atom stereocenters. The Morgan fingerprint density at radius 1 is 1.47 bits per heavy atom. The molecule has 1 aliphatic heterocycles. The second kappa shape index (κ2) is 3.70. The lowest BCUT2D eigenvalue weighted by atomic mass is 9.98. The molecule has 1 heterocycles. The molecule has 5 heteroatoms. The van der Waals surface area contributed by atoms with E-state index in [-0.39, 0.29) is 18.4 Å². The highest BCUT2D eigenvalue weighted by atomic mass is 19.3. The van der Waals surface area contributed by atoms with Crippen LogP contribution in [0.3, 0.4) is 0 Å². The van der Waals surface area contributed by atoms with Gasteiger partial charge in [0.25, 0.3) is 6.43 Å². The van der Waals surface area contributed by atoms with E-state index in [2.05, 4.69) is 0 Å². The van der Waals surface area contributed by atoms with Crippen LogP contribution in [0, 0.1) is 17.8 Å². The molecular formula is C10H14F2O3. The van der Waals surface area contributed by atoms with Gasteiger partial charge in [-0.1, -0.05) is 6.92 Å². The van der Waals surface area contributed by atoms with Crippen molar-refractivity contribution >= 4 is 5.97 Å². The number of rotatable bonds is 3. The van der Waals surface area contributed by atoms with Crippen LogP contribution in [0.1, 0.15) is 19.8 Å². The molecule has 1 aliphatic carbocycles. The van der Waals surface area contributed by atoms with Gasteiger partial charge in [0.05, 0.1) is 12.0 Å². The third-order valence-corrected chi connectivity index (χ3v) is 3.43. The predicted octanol–water partition coefficient (Wildman–Crippen LogP) is 1.77. The zero-order chi connectivity index (χ0) is 11.2. The van der Waals surface area contributed by atoms with Crippen LogP contribution >= 0.6 is 0 Å². The molecule has 1 N–H and O–H groups in total. The van der Waals surface area contributed by atoms with Gasteiger partial charge < -0.3 is 9.84 Å². The first-order valence-corrected chi connectivity index (χ1v) is 5.17. The fourth-order valence-corrected chi connectivity index (χ4v) is 2.36. The van der Waals surface area contributed by atoms with Crippen molar-refractivity contribution in [1.82, 2.24) is 0 Å². The Balaban J connectivity index is 2.02. The number of alkyl halides is 2. The topological polar surface area (TPSA) is 46.5 Å².